The van der Waals surface area contributed by atoms with Crippen molar-refractivity contribution in [2.45, 2.75) is 13.3 Å². The summed E-state index contributed by atoms with van der Waals surface area (Å²) in [6, 6.07) is 7.08. The van der Waals surface area contributed by atoms with Gasteiger partial charge in [-0.25, -0.2) is 9.97 Å². The highest BCUT2D eigenvalue weighted by atomic mass is 16.5. The van der Waals surface area contributed by atoms with Crippen LogP contribution >= 0.6 is 0 Å². The Labute approximate surface area is 123 Å². The number of hydrogen-bond donors (Lipinski definition) is 2. The monoisotopic (exact) mass is 286 g/mol. The highest BCUT2D eigenvalue weighted by Crippen LogP contribution is 2.15. The van der Waals surface area contributed by atoms with E-state index in [1.165, 1.54) is 6.20 Å². The number of methoxy groups -OCH3 is 1. The van der Waals surface area contributed by atoms with Crippen LogP contribution in [0.4, 0.5) is 11.5 Å². The van der Waals surface area contributed by atoms with E-state index >= 15 is 0 Å². The Morgan fingerprint density at radius 1 is 1.19 bits per heavy atom. The average molecular weight is 286 g/mol. The van der Waals surface area contributed by atoms with Gasteiger partial charge < -0.3 is 15.4 Å². The van der Waals surface area contributed by atoms with Crippen molar-refractivity contribution in [3.05, 3.63) is 42.4 Å². The molecule has 6 heteroatoms. The molecule has 0 fully saturated rings. The standard InChI is InChI=1S/C15H18N4O2/c1-3-8-16-14-10-17-13(9-18-14)15(20)19-11-4-6-12(21-2)7-5-11/h4-7,9-10H,3,8H2,1-2H3,(H,16,18)(H,19,20). The molecule has 6 nitrogen and oxygen atoms in total. The zero-order valence-corrected chi connectivity index (χ0v) is 12.1. The van der Waals surface area contributed by atoms with Crippen molar-refractivity contribution >= 4 is 17.4 Å². The molecule has 1 aromatic carbocycles. The highest BCUT2D eigenvalue weighted by Gasteiger charge is 2.08. The molecule has 0 aliphatic carbocycles. The topological polar surface area (TPSA) is 76.1 Å². The van der Waals surface area contributed by atoms with Gasteiger partial charge in [0.15, 0.2) is 0 Å². The number of nitrogens with zero attached hydrogens (tertiary/aromatic N) is 2. The molecular weight excluding hydrogens is 268 g/mol. The molecule has 2 rings (SSSR count). The van der Waals surface area contributed by atoms with Crippen LogP contribution in [0.5, 0.6) is 5.75 Å². The van der Waals surface area contributed by atoms with Gasteiger partial charge in [0, 0.05) is 12.2 Å². The minimum absolute atomic E-state index is 0.271. The SMILES string of the molecule is CCCNc1cnc(C(=O)Nc2ccc(OC)cc2)cn1. The van der Waals surface area contributed by atoms with Gasteiger partial charge >= 0.3 is 0 Å². The molecule has 0 aliphatic rings. The highest BCUT2D eigenvalue weighted by molar-refractivity contribution is 6.02. The van der Waals surface area contributed by atoms with E-state index in [1.807, 2.05) is 0 Å². The summed E-state index contributed by atoms with van der Waals surface area (Å²) in [6.07, 6.45) is 4.01. The predicted molar refractivity (Wildman–Crippen MR) is 81.8 cm³/mol. The maximum atomic E-state index is 12.0. The van der Waals surface area contributed by atoms with Gasteiger partial charge in [-0.3, -0.25) is 4.79 Å². The lowest BCUT2D eigenvalue weighted by Crippen LogP contribution is -2.14. The Kier molecular flexibility index (Phi) is 5.09. The van der Waals surface area contributed by atoms with Gasteiger partial charge in [-0.1, -0.05) is 6.92 Å². The van der Waals surface area contributed by atoms with Crippen LogP contribution in [-0.2, 0) is 0 Å². The molecule has 1 aromatic heterocycles. The lowest BCUT2D eigenvalue weighted by Gasteiger charge is -2.07. The Morgan fingerprint density at radius 3 is 2.52 bits per heavy atom. The molecule has 0 atom stereocenters. The lowest BCUT2D eigenvalue weighted by molar-refractivity contribution is 0.102. The summed E-state index contributed by atoms with van der Waals surface area (Å²) >= 11 is 0. The third-order valence-electron chi connectivity index (χ3n) is 2.79. The van der Waals surface area contributed by atoms with E-state index in [9.17, 15) is 4.79 Å². The number of benzene rings is 1. The van der Waals surface area contributed by atoms with Crippen LogP contribution in [-0.4, -0.2) is 29.5 Å². The van der Waals surface area contributed by atoms with E-state index in [4.69, 9.17) is 4.74 Å². The normalized spacial score (nSPS) is 10.0. The van der Waals surface area contributed by atoms with Crippen LogP contribution in [0.2, 0.25) is 0 Å². The molecule has 2 N–H and O–H groups in total. The first-order valence-corrected chi connectivity index (χ1v) is 6.74. The van der Waals surface area contributed by atoms with E-state index < -0.39 is 0 Å². The summed E-state index contributed by atoms with van der Waals surface area (Å²) < 4.78 is 5.06. The summed E-state index contributed by atoms with van der Waals surface area (Å²) in [7, 11) is 1.59. The van der Waals surface area contributed by atoms with Gasteiger partial charge in [0.05, 0.1) is 19.5 Å². The van der Waals surface area contributed by atoms with Crippen molar-refractivity contribution in [3.63, 3.8) is 0 Å². The lowest BCUT2D eigenvalue weighted by atomic mass is 10.3. The summed E-state index contributed by atoms with van der Waals surface area (Å²) in [4.78, 5) is 20.3. The number of carbonyl (C=O) groups is 1. The fourth-order valence-electron chi connectivity index (χ4n) is 1.66. The number of ether oxygens (including phenoxy) is 1. The zero-order valence-electron chi connectivity index (χ0n) is 12.1. The van der Waals surface area contributed by atoms with Crippen molar-refractivity contribution < 1.29 is 9.53 Å². The van der Waals surface area contributed by atoms with Crippen LogP contribution in [0.3, 0.4) is 0 Å². The van der Waals surface area contributed by atoms with Crippen LogP contribution in [0.1, 0.15) is 23.8 Å². The Hall–Kier alpha value is -2.63. The maximum Gasteiger partial charge on any atom is 0.275 e. The van der Waals surface area contributed by atoms with Gasteiger partial charge in [0.2, 0.25) is 0 Å². The van der Waals surface area contributed by atoms with E-state index in [-0.39, 0.29) is 11.6 Å². The second-order valence-electron chi connectivity index (χ2n) is 4.40. The van der Waals surface area contributed by atoms with E-state index in [1.54, 1.807) is 37.6 Å². The third-order valence-corrected chi connectivity index (χ3v) is 2.79. The number of nitrogens with one attached hydrogen (secondary N) is 2. The zero-order chi connectivity index (χ0) is 15.1. The molecule has 0 unspecified atom stereocenters. The van der Waals surface area contributed by atoms with Crippen LogP contribution in [0.15, 0.2) is 36.7 Å². The molecule has 0 saturated heterocycles. The summed E-state index contributed by atoms with van der Waals surface area (Å²) in [5.74, 6) is 1.10. The number of amides is 1. The molecule has 0 radical (unpaired) electrons. The number of rotatable bonds is 6. The molecule has 110 valence electrons. The van der Waals surface area contributed by atoms with E-state index in [0.29, 0.717) is 11.5 Å². The average Bonchev–Trinajstić information content (AvgIpc) is 2.54. The van der Waals surface area contributed by atoms with Crippen LogP contribution in [0.25, 0.3) is 0 Å². The smallest absolute Gasteiger partial charge is 0.275 e. The summed E-state index contributed by atoms with van der Waals surface area (Å²) in [5, 5.41) is 5.86. The van der Waals surface area contributed by atoms with Gasteiger partial charge in [0.25, 0.3) is 5.91 Å². The first-order chi connectivity index (χ1) is 10.2. The Morgan fingerprint density at radius 2 is 1.95 bits per heavy atom. The molecule has 1 amide bonds. The van der Waals surface area contributed by atoms with Gasteiger partial charge in [-0.05, 0) is 30.7 Å². The molecular formula is C15H18N4O2. The van der Waals surface area contributed by atoms with E-state index in [0.717, 1.165) is 18.7 Å². The first-order valence-electron chi connectivity index (χ1n) is 6.74. The summed E-state index contributed by atoms with van der Waals surface area (Å²) in [5.41, 5.74) is 0.948. The number of carbonyl (C=O) groups excluding carboxylic acids is 1. The molecule has 21 heavy (non-hydrogen) atoms. The Balaban J connectivity index is 1.98. The van der Waals surface area contributed by atoms with Crippen molar-refractivity contribution in [2.75, 3.05) is 24.3 Å². The molecule has 0 saturated carbocycles. The van der Waals surface area contributed by atoms with Crippen molar-refractivity contribution in [1.29, 1.82) is 0 Å². The number of aromatic nitrogens is 2. The largest absolute Gasteiger partial charge is 0.497 e. The predicted octanol–water partition coefficient (Wildman–Crippen LogP) is 2.56. The third kappa shape index (κ3) is 4.17. The van der Waals surface area contributed by atoms with Gasteiger partial charge in [-0.15, -0.1) is 0 Å². The van der Waals surface area contributed by atoms with Crippen LogP contribution in [0, 0.1) is 0 Å². The van der Waals surface area contributed by atoms with Crippen molar-refractivity contribution in [3.8, 4) is 5.75 Å². The molecule has 0 spiro atoms. The first kappa shape index (κ1) is 14.8. The Bertz CT molecular complexity index is 582. The quantitative estimate of drug-likeness (QED) is 0.853. The molecule has 0 aliphatic heterocycles. The minimum Gasteiger partial charge on any atom is -0.497 e. The fraction of sp³-hybridized carbons (Fsp3) is 0.267. The minimum atomic E-state index is -0.297. The van der Waals surface area contributed by atoms with Gasteiger partial charge in [-0.2, -0.15) is 0 Å². The van der Waals surface area contributed by atoms with Crippen molar-refractivity contribution in [2.24, 2.45) is 0 Å². The molecule has 2 aromatic rings. The summed E-state index contributed by atoms with van der Waals surface area (Å²) in [6.45, 7) is 2.89. The fourth-order valence-corrected chi connectivity index (χ4v) is 1.66. The van der Waals surface area contributed by atoms with Crippen LogP contribution < -0.4 is 15.4 Å². The number of hydrogen-bond acceptors (Lipinski definition) is 5. The number of anilines is 2. The molecule has 1 heterocycles. The van der Waals surface area contributed by atoms with E-state index in [2.05, 4.69) is 27.5 Å². The molecule has 0 bridgehead atoms. The van der Waals surface area contributed by atoms with Crippen molar-refractivity contribution in [1.82, 2.24) is 9.97 Å². The maximum absolute atomic E-state index is 12.0. The second kappa shape index (κ2) is 7.23. The second-order valence-corrected chi connectivity index (χ2v) is 4.40. The van der Waals surface area contributed by atoms with Gasteiger partial charge in [0.1, 0.15) is 17.3 Å².